The molecule has 2 atom stereocenters. The monoisotopic (exact) mass is 359 g/mol. The van der Waals surface area contributed by atoms with Gasteiger partial charge in [0.05, 0.1) is 24.8 Å². The molecule has 0 radical (unpaired) electrons. The first-order chi connectivity index (χ1) is 12.0. The SMILES string of the molecule is CC1COC(c2cccc(Cl)c2)CN1C(=O)c1ccc(C(=O)O)cc1. The number of hydrogen-bond acceptors (Lipinski definition) is 3. The summed E-state index contributed by atoms with van der Waals surface area (Å²) in [5.74, 6) is -1.15. The van der Waals surface area contributed by atoms with E-state index in [0.717, 1.165) is 5.56 Å². The summed E-state index contributed by atoms with van der Waals surface area (Å²) in [4.78, 5) is 25.5. The molecular weight excluding hydrogens is 342 g/mol. The fraction of sp³-hybridized carbons (Fsp3) is 0.263. The highest BCUT2D eigenvalue weighted by Crippen LogP contribution is 2.27. The lowest BCUT2D eigenvalue weighted by Gasteiger charge is -2.38. The fourth-order valence-corrected chi connectivity index (χ4v) is 3.07. The molecular formula is C19H18ClNO4. The van der Waals surface area contributed by atoms with Gasteiger partial charge in [0.25, 0.3) is 5.91 Å². The minimum absolute atomic E-state index is 0.0675. The predicted molar refractivity (Wildman–Crippen MR) is 94.0 cm³/mol. The van der Waals surface area contributed by atoms with Crippen molar-refractivity contribution in [3.05, 3.63) is 70.2 Å². The van der Waals surface area contributed by atoms with Gasteiger partial charge in [0.15, 0.2) is 0 Å². The van der Waals surface area contributed by atoms with Crippen LogP contribution in [0.3, 0.4) is 0 Å². The number of carboxylic acids is 1. The van der Waals surface area contributed by atoms with Crippen LogP contribution < -0.4 is 0 Å². The van der Waals surface area contributed by atoms with Crippen LogP contribution in [0.15, 0.2) is 48.5 Å². The van der Waals surface area contributed by atoms with E-state index in [1.807, 2.05) is 25.1 Å². The van der Waals surface area contributed by atoms with Gasteiger partial charge in [-0.2, -0.15) is 0 Å². The highest BCUT2D eigenvalue weighted by atomic mass is 35.5. The van der Waals surface area contributed by atoms with E-state index in [4.69, 9.17) is 21.4 Å². The number of amides is 1. The molecule has 6 heteroatoms. The Bertz CT molecular complexity index is 790. The lowest BCUT2D eigenvalue weighted by molar-refractivity contribution is -0.0486. The van der Waals surface area contributed by atoms with Crippen molar-refractivity contribution in [1.29, 1.82) is 0 Å². The number of carbonyl (C=O) groups is 2. The van der Waals surface area contributed by atoms with Crippen LogP contribution in [0, 0.1) is 0 Å². The Kier molecular flexibility index (Phi) is 5.06. The second-order valence-electron chi connectivity index (χ2n) is 6.07. The van der Waals surface area contributed by atoms with Crippen molar-refractivity contribution in [2.24, 2.45) is 0 Å². The van der Waals surface area contributed by atoms with Crippen LogP contribution in [0.2, 0.25) is 5.02 Å². The molecule has 3 rings (SSSR count). The summed E-state index contributed by atoms with van der Waals surface area (Å²) in [5, 5.41) is 9.59. The Morgan fingerprint density at radius 3 is 2.48 bits per heavy atom. The summed E-state index contributed by atoms with van der Waals surface area (Å²) < 4.78 is 5.87. The van der Waals surface area contributed by atoms with E-state index in [1.165, 1.54) is 12.1 Å². The van der Waals surface area contributed by atoms with E-state index in [1.54, 1.807) is 23.1 Å². The topological polar surface area (TPSA) is 66.8 Å². The van der Waals surface area contributed by atoms with Gasteiger partial charge in [0.2, 0.25) is 0 Å². The van der Waals surface area contributed by atoms with E-state index in [9.17, 15) is 9.59 Å². The number of carbonyl (C=O) groups excluding carboxylic acids is 1. The number of halogens is 1. The molecule has 1 aliphatic rings. The Balaban J connectivity index is 1.79. The van der Waals surface area contributed by atoms with Gasteiger partial charge in [-0.25, -0.2) is 4.79 Å². The van der Waals surface area contributed by atoms with Crippen molar-refractivity contribution >= 4 is 23.5 Å². The first-order valence-electron chi connectivity index (χ1n) is 7.97. The quantitative estimate of drug-likeness (QED) is 0.908. The zero-order valence-electron chi connectivity index (χ0n) is 13.7. The van der Waals surface area contributed by atoms with E-state index in [0.29, 0.717) is 23.7 Å². The molecule has 2 aromatic rings. The van der Waals surface area contributed by atoms with Crippen molar-refractivity contribution in [2.45, 2.75) is 19.1 Å². The Labute approximate surface area is 150 Å². The third-order valence-corrected chi connectivity index (χ3v) is 4.53. The zero-order chi connectivity index (χ0) is 18.0. The van der Waals surface area contributed by atoms with E-state index in [2.05, 4.69) is 0 Å². The lowest BCUT2D eigenvalue weighted by Crippen LogP contribution is -2.48. The molecule has 0 spiro atoms. The number of ether oxygens (including phenoxy) is 1. The predicted octanol–water partition coefficient (Wildman–Crippen LogP) is 3.64. The first-order valence-corrected chi connectivity index (χ1v) is 8.35. The molecule has 0 aromatic heterocycles. The maximum atomic E-state index is 12.8. The Morgan fingerprint density at radius 1 is 1.16 bits per heavy atom. The maximum absolute atomic E-state index is 12.8. The van der Waals surface area contributed by atoms with Crippen molar-refractivity contribution in [3.63, 3.8) is 0 Å². The van der Waals surface area contributed by atoms with Crippen LogP contribution >= 0.6 is 11.6 Å². The molecule has 0 bridgehead atoms. The Hall–Kier alpha value is -2.37. The van der Waals surface area contributed by atoms with E-state index in [-0.39, 0.29) is 23.6 Å². The van der Waals surface area contributed by atoms with Crippen molar-refractivity contribution in [2.75, 3.05) is 13.2 Å². The van der Waals surface area contributed by atoms with Crippen molar-refractivity contribution in [1.82, 2.24) is 4.90 Å². The molecule has 2 aromatic carbocycles. The molecule has 1 saturated heterocycles. The Morgan fingerprint density at radius 2 is 1.84 bits per heavy atom. The van der Waals surface area contributed by atoms with Gasteiger partial charge in [0.1, 0.15) is 6.10 Å². The standard InChI is InChI=1S/C19H18ClNO4/c1-12-11-25-17(15-3-2-4-16(20)9-15)10-21(12)18(22)13-5-7-14(8-6-13)19(23)24/h2-9,12,17H,10-11H2,1H3,(H,23,24). The van der Waals surface area contributed by atoms with E-state index < -0.39 is 5.97 Å². The summed E-state index contributed by atoms with van der Waals surface area (Å²) in [6.45, 7) is 2.77. The number of rotatable bonds is 3. The number of morpholine rings is 1. The molecule has 130 valence electrons. The summed E-state index contributed by atoms with van der Waals surface area (Å²) in [6.07, 6.45) is -0.239. The normalized spacial score (nSPS) is 20.3. The van der Waals surface area contributed by atoms with E-state index >= 15 is 0 Å². The summed E-state index contributed by atoms with van der Waals surface area (Å²) in [7, 11) is 0. The number of aromatic carboxylic acids is 1. The number of benzene rings is 2. The van der Waals surface area contributed by atoms with Crippen LogP contribution in [0.1, 0.15) is 39.3 Å². The first kappa shape index (κ1) is 17.5. The second-order valence-corrected chi connectivity index (χ2v) is 6.50. The van der Waals surface area contributed by atoms with Gasteiger partial charge in [0, 0.05) is 10.6 Å². The second kappa shape index (κ2) is 7.25. The number of hydrogen-bond donors (Lipinski definition) is 1. The number of carboxylic acid groups (broad SMARTS) is 1. The highest BCUT2D eigenvalue weighted by molar-refractivity contribution is 6.30. The third-order valence-electron chi connectivity index (χ3n) is 4.29. The van der Waals surface area contributed by atoms with Gasteiger partial charge in [-0.3, -0.25) is 4.79 Å². The molecule has 0 saturated carbocycles. The van der Waals surface area contributed by atoms with Gasteiger partial charge in [-0.05, 0) is 48.9 Å². The highest BCUT2D eigenvalue weighted by Gasteiger charge is 2.31. The molecule has 1 aliphatic heterocycles. The molecule has 2 unspecified atom stereocenters. The van der Waals surface area contributed by atoms with Gasteiger partial charge >= 0.3 is 5.97 Å². The molecule has 25 heavy (non-hydrogen) atoms. The number of nitrogens with zero attached hydrogens (tertiary/aromatic N) is 1. The smallest absolute Gasteiger partial charge is 0.335 e. The van der Waals surface area contributed by atoms with Crippen molar-refractivity contribution in [3.8, 4) is 0 Å². The average molecular weight is 360 g/mol. The lowest BCUT2D eigenvalue weighted by atomic mass is 10.0. The van der Waals surface area contributed by atoms with Crippen LogP contribution in [0.5, 0.6) is 0 Å². The third kappa shape index (κ3) is 3.83. The molecule has 1 fully saturated rings. The largest absolute Gasteiger partial charge is 0.478 e. The minimum atomic E-state index is -1.01. The van der Waals surface area contributed by atoms with Crippen LogP contribution in [0.4, 0.5) is 0 Å². The molecule has 1 amide bonds. The van der Waals surface area contributed by atoms with Crippen molar-refractivity contribution < 1.29 is 19.4 Å². The molecule has 5 nitrogen and oxygen atoms in total. The average Bonchev–Trinajstić information content (AvgIpc) is 2.61. The van der Waals surface area contributed by atoms with Gasteiger partial charge < -0.3 is 14.7 Å². The molecule has 1 heterocycles. The van der Waals surface area contributed by atoms with Crippen LogP contribution in [-0.4, -0.2) is 41.1 Å². The molecule has 0 aliphatic carbocycles. The van der Waals surface area contributed by atoms with Crippen LogP contribution in [-0.2, 0) is 4.74 Å². The zero-order valence-corrected chi connectivity index (χ0v) is 14.4. The summed E-state index contributed by atoms with van der Waals surface area (Å²) in [6, 6.07) is 13.3. The van der Waals surface area contributed by atoms with Crippen LogP contribution in [0.25, 0.3) is 0 Å². The maximum Gasteiger partial charge on any atom is 0.335 e. The fourth-order valence-electron chi connectivity index (χ4n) is 2.87. The molecule has 1 N–H and O–H groups in total. The summed E-state index contributed by atoms with van der Waals surface area (Å²) >= 11 is 6.04. The van der Waals surface area contributed by atoms with Gasteiger partial charge in [-0.15, -0.1) is 0 Å². The summed E-state index contributed by atoms with van der Waals surface area (Å²) in [5.41, 5.74) is 1.55. The minimum Gasteiger partial charge on any atom is -0.478 e. The van der Waals surface area contributed by atoms with Gasteiger partial charge in [-0.1, -0.05) is 23.7 Å².